The number of nitrogens with two attached hydrogens (primary N) is 1. The highest BCUT2D eigenvalue weighted by atomic mass is 16.5. The fourth-order valence-corrected chi connectivity index (χ4v) is 2.45. The molecule has 3 rings (SSSR count). The molecule has 0 aliphatic rings. The van der Waals surface area contributed by atoms with Gasteiger partial charge in [-0.25, -0.2) is 0 Å². The molecule has 2 N–H and O–H groups in total. The van der Waals surface area contributed by atoms with E-state index in [9.17, 15) is 0 Å². The van der Waals surface area contributed by atoms with Crippen molar-refractivity contribution in [2.75, 3.05) is 0 Å². The van der Waals surface area contributed by atoms with E-state index in [1.165, 1.54) is 0 Å². The van der Waals surface area contributed by atoms with Crippen LogP contribution in [0.3, 0.4) is 0 Å². The summed E-state index contributed by atoms with van der Waals surface area (Å²) in [5.74, 6) is 0.762. The van der Waals surface area contributed by atoms with Crippen molar-refractivity contribution in [1.82, 2.24) is 9.78 Å². The molecule has 0 spiro atoms. The topological polar surface area (TPSA) is 76.9 Å². The number of aromatic nitrogens is 2. The summed E-state index contributed by atoms with van der Waals surface area (Å²) >= 11 is 0. The largest absolute Gasteiger partial charge is 0.488 e. The molecule has 0 fully saturated rings. The molecule has 0 radical (unpaired) electrons. The summed E-state index contributed by atoms with van der Waals surface area (Å²) in [6.45, 7) is 1.16. The fraction of sp³-hybridized carbons (Fsp3) is 0.158. The highest BCUT2D eigenvalue weighted by Crippen LogP contribution is 2.31. The van der Waals surface area contributed by atoms with Crippen LogP contribution < -0.4 is 10.5 Å². The second kappa shape index (κ2) is 7.44. The molecule has 0 saturated heterocycles. The zero-order valence-electron chi connectivity index (χ0n) is 13.2. The number of rotatable bonds is 6. The summed E-state index contributed by atoms with van der Waals surface area (Å²) < 4.78 is 7.64. The number of hydrogen-bond donors (Lipinski definition) is 1. The van der Waals surface area contributed by atoms with Crippen LogP contribution in [-0.4, -0.2) is 9.78 Å². The first-order valence-corrected chi connectivity index (χ1v) is 7.69. The van der Waals surface area contributed by atoms with Crippen molar-refractivity contribution in [2.45, 2.75) is 19.7 Å². The number of benzene rings is 2. The summed E-state index contributed by atoms with van der Waals surface area (Å²) in [4.78, 5) is 0. The molecule has 0 amide bonds. The normalized spacial score (nSPS) is 10.3. The summed E-state index contributed by atoms with van der Waals surface area (Å²) in [5.41, 5.74) is 9.71. The Hall–Kier alpha value is -3.10. The smallest absolute Gasteiger partial charge is 0.128 e. The molecule has 5 nitrogen and oxygen atoms in total. The lowest BCUT2D eigenvalue weighted by Crippen LogP contribution is -2.00. The zero-order chi connectivity index (χ0) is 16.8. The van der Waals surface area contributed by atoms with Crippen LogP contribution in [-0.2, 0) is 19.7 Å². The van der Waals surface area contributed by atoms with Crippen LogP contribution in [0, 0.1) is 11.3 Å². The molecule has 1 aromatic heterocycles. The van der Waals surface area contributed by atoms with E-state index in [0.29, 0.717) is 13.2 Å². The quantitative estimate of drug-likeness (QED) is 0.757. The summed E-state index contributed by atoms with van der Waals surface area (Å²) in [5, 5.41) is 13.0. The molecule has 1 heterocycles. The minimum atomic E-state index is 0.223. The molecule has 5 heteroatoms. The fourth-order valence-electron chi connectivity index (χ4n) is 2.45. The Morgan fingerprint density at radius 1 is 1.12 bits per heavy atom. The van der Waals surface area contributed by atoms with E-state index in [1.54, 1.807) is 10.9 Å². The predicted octanol–water partition coefficient (Wildman–Crippen LogP) is 3.11. The van der Waals surface area contributed by atoms with E-state index < -0.39 is 0 Å². The van der Waals surface area contributed by atoms with Gasteiger partial charge in [0.25, 0.3) is 0 Å². The van der Waals surface area contributed by atoms with E-state index in [0.717, 1.165) is 28.0 Å². The third-order valence-electron chi connectivity index (χ3n) is 3.70. The van der Waals surface area contributed by atoms with Gasteiger partial charge in [-0.15, -0.1) is 0 Å². The summed E-state index contributed by atoms with van der Waals surface area (Å²) in [6, 6.07) is 18.0. The molecule has 0 aliphatic heterocycles. The Morgan fingerprint density at radius 3 is 2.71 bits per heavy atom. The van der Waals surface area contributed by atoms with Gasteiger partial charge in [-0.05, 0) is 17.2 Å². The highest BCUT2D eigenvalue weighted by Gasteiger charge is 2.10. The van der Waals surface area contributed by atoms with Crippen molar-refractivity contribution in [2.24, 2.45) is 5.73 Å². The van der Waals surface area contributed by atoms with Gasteiger partial charge in [0.15, 0.2) is 0 Å². The van der Waals surface area contributed by atoms with E-state index in [1.807, 2.05) is 54.7 Å². The van der Waals surface area contributed by atoms with Crippen LogP contribution in [0.25, 0.3) is 11.1 Å². The van der Waals surface area contributed by atoms with Crippen LogP contribution in [0.4, 0.5) is 0 Å². The second-order valence-corrected chi connectivity index (χ2v) is 5.39. The molecular weight excluding hydrogens is 300 g/mol. The third-order valence-corrected chi connectivity index (χ3v) is 3.70. The van der Waals surface area contributed by atoms with Gasteiger partial charge in [0.1, 0.15) is 18.9 Å². The monoisotopic (exact) mass is 318 g/mol. The van der Waals surface area contributed by atoms with Crippen LogP contribution >= 0.6 is 0 Å². The Bertz CT molecular complexity index is 849. The first-order chi connectivity index (χ1) is 11.8. The van der Waals surface area contributed by atoms with Gasteiger partial charge in [-0.2, -0.15) is 10.4 Å². The molecule has 24 heavy (non-hydrogen) atoms. The molecule has 0 atom stereocenters. The van der Waals surface area contributed by atoms with Gasteiger partial charge in [-0.3, -0.25) is 4.68 Å². The highest BCUT2D eigenvalue weighted by molar-refractivity contribution is 5.69. The maximum Gasteiger partial charge on any atom is 0.128 e. The SMILES string of the molecule is N#CCn1cc(-c2ccc(CN)cc2OCc2ccccc2)cn1. The van der Waals surface area contributed by atoms with Crippen molar-refractivity contribution >= 4 is 0 Å². The van der Waals surface area contributed by atoms with Crippen LogP contribution in [0.5, 0.6) is 5.75 Å². The second-order valence-electron chi connectivity index (χ2n) is 5.39. The molecule has 2 aromatic carbocycles. The average molecular weight is 318 g/mol. The Balaban J connectivity index is 1.89. The third kappa shape index (κ3) is 3.62. The first-order valence-electron chi connectivity index (χ1n) is 7.69. The van der Waals surface area contributed by atoms with Gasteiger partial charge in [0.05, 0.1) is 12.3 Å². The summed E-state index contributed by atoms with van der Waals surface area (Å²) in [6.07, 6.45) is 3.58. The zero-order valence-corrected chi connectivity index (χ0v) is 13.2. The molecule has 0 bridgehead atoms. The molecule has 0 aliphatic carbocycles. The molecular formula is C19H18N4O. The number of nitriles is 1. The maximum absolute atomic E-state index is 8.78. The summed E-state index contributed by atoms with van der Waals surface area (Å²) in [7, 11) is 0. The lowest BCUT2D eigenvalue weighted by atomic mass is 10.1. The average Bonchev–Trinajstić information content (AvgIpc) is 3.09. The van der Waals surface area contributed by atoms with Crippen molar-refractivity contribution in [1.29, 1.82) is 5.26 Å². The van der Waals surface area contributed by atoms with Crippen molar-refractivity contribution in [3.63, 3.8) is 0 Å². The van der Waals surface area contributed by atoms with Gasteiger partial charge >= 0.3 is 0 Å². The number of nitrogens with zero attached hydrogens (tertiary/aromatic N) is 3. The Kier molecular flexibility index (Phi) is 4.90. The van der Waals surface area contributed by atoms with Crippen LogP contribution in [0.15, 0.2) is 60.9 Å². The minimum Gasteiger partial charge on any atom is -0.488 e. The Morgan fingerprint density at radius 2 is 1.96 bits per heavy atom. The van der Waals surface area contributed by atoms with Crippen molar-refractivity contribution in [3.05, 3.63) is 72.1 Å². The molecule has 0 saturated carbocycles. The maximum atomic E-state index is 8.78. The van der Waals surface area contributed by atoms with Gasteiger partial charge < -0.3 is 10.5 Å². The van der Waals surface area contributed by atoms with Crippen molar-refractivity contribution in [3.8, 4) is 22.9 Å². The molecule has 0 unspecified atom stereocenters. The number of hydrogen-bond acceptors (Lipinski definition) is 4. The van der Waals surface area contributed by atoms with Gasteiger partial charge in [0, 0.05) is 23.9 Å². The minimum absolute atomic E-state index is 0.223. The van der Waals surface area contributed by atoms with E-state index in [2.05, 4.69) is 11.2 Å². The lowest BCUT2D eigenvalue weighted by molar-refractivity contribution is 0.307. The van der Waals surface area contributed by atoms with E-state index >= 15 is 0 Å². The van der Waals surface area contributed by atoms with Crippen LogP contribution in [0.2, 0.25) is 0 Å². The first kappa shape index (κ1) is 15.8. The standard InChI is InChI=1S/C19H18N4O/c20-8-9-23-13-17(12-22-23)18-7-6-16(11-21)10-19(18)24-14-15-4-2-1-3-5-15/h1-7,10,12-13H,9,11,14,21H2. The molecule has 3 aromatic rings. The molecule has 120 valence electrons. The van der Waals surface area contributed by atoms with Crippen molar-refractivity contribution < 1.29 is 4.74 Å². The van der Waals surface area contributed by atoms with Gasteiger partial charge in [-0.1, -0.05) is 42.5 Å². The lowest BCUT2D eigenvalue weighted by Gasteiger charge is -2.12. The Labute approximate surface area is 140 Å². The van der Waals surface area contributed by atoms with Gasteiger partial charge in [0.2, 0.25) is 0 Å². The van der Waals surface area contributed by atoms with E-state index in [4.69, 9.17) is 15.7 Å². The number of ether oxygens (including phenoxy) is 1. The van der Waals surface area contributed by atoms with E-state index in [-0.39, 0.29) is 6.54 Å². The predicted molar refractivity (Wildman–Crippen MR) is 91.9 cm³/mol. The van der Waals surface area contributed by atoms with Crippen LogP contribution in [0.1, 0.15) is 11.1 Å².